The third-order valence-electron chi connectivity index (χ3n) is 4.58. The Morgan fingerprint density at radius 1 is 0.560 bits per heavy atom. The molecule has 3 aromatic carbocycles. The van der Waals surface area contributed by atoms with Gasteiger partial charge in [0.25, 0.3) is 0 Å². The second-order valence-corrected chi connectivity index (χ2v) is 6.14. The summed E-state index contributed by atoms with van der Waals surface area (Å²) in [6, 6.07) is 24.8. The van der Waals surface area contributed by atoms with E-state index < -0.39 is 11.6 Å². The van der Waals surface area contributed by atoms with Gasteiger partial charge in [0.2, 0.25) is 11.6 Å². The van der Waals surface area contributed by atoms with Gasteiger partial charge in [-0.05, 0) is 29.2 Å². The Bertz CT molecular complexity index is 1010. The maximum atomic E-state index is 13.0. The first-order valence-electron chi connectivity index (χ1n) is 8.22. The minimum absolute atomic E-state index is 0.433. The first-order valence-corrected chi connectivity index (χ1v) is 8.22. The molecule has 4 rings (SSSR count). The highest BCUT2D eigenvalue weighted by Crippen LogP contribution is 2.40. The van der Waals surface area contributed by atoms with Crippen LogP contribution in [0.3, 0.4) is 0 Å². The molecule has 2 heteroatoms. The fraction of sp³-hybridized carbons (Fsp3) is 0.0435. The molecule has 0 saturated heterocycles. The monoisotopic (exact) mass is 324 g/mol. The van der Waals surface area contributed by atoms with E-state index in [1.165, 1.54) is 0 Å². The number of Topliss-reactive ketones (excluding diaryl/α,β-unsaturated/α-hetero) is 2. The fourth-order valence-electron chi connectivity index (χ4n) is 3.44. The van der Waals surface area contributed by atoms with Crippen LogP contribution in [-0.2, 0) is 4.79 Å². The predicted molar refractivity (Wildman–Crippen MR) is 99.3 cm³/mol. The van der Waals surface area contributed by atoms with Crippen LogP contribution in [0.5, 0.6) is 0 Å². The Labute approximate surface area is 146 Å². The van der Waals surface area contributed by atoms with E-state index in [9.17, 15) is 9.59 Å². The van der Waals surface area contributed by atoms with Crippen LogP contribution < -0.4 is 0 Å². The number of rotatable bonds is 2. The molecule has 2 nitrogen and oxygen atoms in total. The minimum atomic E-state index is -0.442. The molecule has 1 aliphatic rings. The van der Waals surface area contributed by atoms with Gasteiger partial charge in [-0.2, -0.15) is 0 Å². The predicted octanol–water partition coefficient (Wildman–Crippen LogP) is 4.72. The van der Waals surface area contributed by atoms with Gasteiger partial charge < -0.3 is 0 Å². The maximum Gasteiger partial charge on any atom is 0.234 e. The van der Waals surface area contributed by atoms with Crippen LogP contribution in [0.1, 0.15) is 32.6 Å². The molecule has 0 atom stereocenters. The van der Waals surface area contributed by atoms with Crippen LogP contribution in [-0.4, -0.2) is 11.6 Å². The second kappa shape index (κ2) is 5.99. The van der Waals surface area contributed by atoms with Crippen LogP contribution in [0.25, 0.3) is 11.1 Å². The van der Waals surface area contributed by atoms with Crippen molar-refractivity contribution in [3.63, 3.8) is 0 Å². The molecule has 0 aromatic heterocycles. The summed E-state index contributed by atoms with van der Waals surface area (Å²) >= 11 is 0. The molecule has 1 aliphatic carbocycles. The van der Waals surface area contributed by atoms with Crippen LogP contribution in [0, 0.1) is 6.92 Å². The van der Waals surface area contributed by atoms with Gasteiger partial charge in [0.1, 0.15) is 0 Å². The summed E-state index contributed by atoms with van der Waals surface area (Å²) in [4.78, 5) is 25.7. The van der Waals surface area contributed by atoms with E-state index in [2.05, 4.69) is 0 Å². The summed E-state index contributed by atoms with van der Waals surface area (Å²) in [5.41, 5.74) is 5.38. The molecule has 0 amide bonds. The summed E-state index contributed by atoms with van der Waals surface area (Å²) in [5, 5.41) is 0. The van der Waals surface area contributed by atoms with E-state index in [0.29, 0.717) is 11.1 Å². The van der Waals surface area contributed by atoms with E-state index in [1.807, 2.05) is 79.7 Å². The smallest absolute Gasteiger partial charge is 0.234 e. The highest BCUT2D eigenvalue weighted by molar-refractivity contribution is 6.63. The molecule has 0 aliphatic heterocycles. The van der Waals surface area contributed by atoms with Crippen LogP contribution in [0.2, 0.25) is 0 Å². The van der Waals surface area contributed by atoms with Gasteiger partial charge in [0.05, 0.1) is 0 Å². The van der Waals surface area contributed by atoms with Crippen molar-refractivity contribution < 1.29 is 9.59 Å². The number of aryl methyl sites for hydroxylation is 1. The zero-order valence-corrected chi connectivity index (χ0v) is 13.8. The molecule has 3 aromatic rings. The molecule has 0 heterocycles. The van der Waals surface area contributed by atoms with E-state index in [-0.39, 0.29) is 0 Å². The number of carbonyl (C=O) groups is 2. The molecule has 0 bridgehead atoms. The average Bonchev–Trinajstić information content (AvgIpc) is 2.66. The van der Waals surface area contributed by atoms with Gasteiger partial charge in [0, 0.05) is 16.7 Å². The summed E-state index contributed by atoms with van der Waals surface area (Å²) in [6.45, 7) is 1.98. The number of carbonyl (C=O) groups excluding carboxylic acids is 2. The van der Waals surface area contributed by atoms with E-state index >= 15 is 0 Å². The molecule has 0 unspecified atom stereocenters. The topological polar surface area (TPSA) is 34.1 Å². The van der Waals surface area contributed by atoms with Crippen LogP contribution in [0.4, 0.5) is 0 Å². The zero-order valence-electron chi connectivity index (χ0n) is 13.8. The summed E-state index contributed by atoms with van der Waals surface area (Å²) in [5.74, 6) is -0.875. The maximum absolute atomic E-state index is 13.0. The SMILES string of the molecule is Cc1cccc2c1C(c1ccccc1)=C(c1ccccc1)C(=O)C2=O. The highest BCUT2D eigenvalue weighted by Gasteiger charge is 2.34. The third-order valence-corrected chi connectivity index (χ3v) is 4.58. The van der Waals surface area contributed by atoms with Crippen LogP contribution in [0.15, 0.2) is 78.9 Å². The second-order valence-electron chi connectivity index (χ2n) is 6.14. The summed E-state index contributed by atoms with van der Waals surface area (Å²) in [6.07, 6.45) is 0. The Morgan fingerprint density at radius 2 is 1.12 bits per heavy atom. The normalized spacial score (nSPS) is 13.8. The van der Waals surface area contributed by atoms with Gasteiger partial charge in [-0.1, -0.05) is 78.9 Å². The molecule has 0 spiro atoms. The van der Waals surface area contributed by atoms with Gasteiger partial charge >= 0.3 is 0 Å². The molecule has 0 fully saturated rings. The average molecular weight is 324 g/mol. The van der Waals surface area contributed by atoms with Crippen molar-refractivity contribution in [2.75, 3.05) is 0 Å². The molecule has 0 saturated carbocycles. The lowest BCUT2D eigenvalue weighted by Gasteiger charge is -2.24. The largest absolute Gasteiger partial charge is 0.285 e. The molecule has 0 N–H and O–H groups in total. The zero-order chi connectivity index (χ0) is 17.4. The van der Waals surface area contributed by atoms with Gasteiger partial charge in [-0.25, -0.2) is 0 Å². The Kier molecular flexibility index (Phi) is 3.66. The van der Waals surface area contributed by atoms with Gasteiger partial charge in [-0.3, -0.25) is 9.59 Å². The van der Waals surface area contributed by atoms with E-state index in [1.54, 1.807) is 6.07 Å². The molecule has 0 radical (unpaired) electrons. The number of hydrogen-bond acceptors (Lipinski definition) is 2. The Hall–Kier alpha value is -3.26. The van der Waals surface area contributed by atoms with Crippen LogP contribution >= 0.6 is 0 Å². The molecular weight excluding hydrogens is 308 g/mol. The van der Waals surface area contributed by atoms with Crippen molar-refractivity contribution in [3.8, 4) is 0 Å². The summed E-state index contributed by atoms with van der Waals surface area (Å²) < 4.78 is 0. The quantitative estimate of drug-likeness (QED) is 0.639. The Balaban J connectivity index is 2.15. The number of fused-ring (bicyclic) bond motifs is 1. The van der Waals surface area contributed by atoms with Crippen molar-refractivity contribution >= 4 is 22.7 Å². The molecule has 25 heavy (non-hydrogen) atoms. The minimum Gasteiger partial charge on any atom is -0.285 e. The standard InChI is InChI=1S/C23H16O2/c1-15-9-8-14-18-19(15)20(16-10-4-2-5-11-16)21(23(25)22(18)24)17-12-6-3-7-13-17/h2-14H,1H3. The lowest BCUT2D eigenvalue weighted by molar-refractivity contribution is -0.110. The first-order chi connectivity index (χ1) is 12.2. The van der Waals surface area contributed by atoms with Gasteiger partial charge in [-0.15, -0.1) is 0 Å². The lowest BCUT2D eigenvalue weighted by atomic mass is 9.77. The van der Waals surface area contributed by atoms with E-state index in [4.69, 9.17) is 0 Å². The van der Waals surface area contributed by atoms with E-state index in [0.717, 1.165) is 27.8 Å². The number of ketones is 2. The fourth-order valence-corrected chi connectivity index (χ4v) is 3.44. The first kappa shape index (κ1) is 15.3. The Morgan fingerprint density at radius 3 is 1.72 bits per heavy atom. The number of benzene rings is 3. The lowest BCUT2D eigenvalue weighted by Crippen LogP contribution is -2.24. The van der Waals surface area contributed by atoms with Gasteiger partial charge in [0.15, 0.2) is 0 Å². The molecular formula is C23H16O2. The summed E-state index contributed by atoms with van der Waals surface area (Å²) in [7, 11) is 0. The highest BCUT2D eigenvalue weighted by atomic mass is 16.2. The number of allylic oxidation sites excluding steroid dienone is 1. The van der Waals surface area contributed by atoms with Crippen molar-refractivity contribution in [2.45, 2.75) is 6.92 Å². The molecule has 120 valence electrons. The van der Waals surface area contributed by atoms with Crippen molar-refractivity contribution in [1.29, 1.82) is 0 Å². The van der Waals surface area contributed by atoms with Crippen molar-refractivity contribution in [3.05, 3.63) is 107 Å². The van der Waals surface area contributed by atoms with Crippen molar-refractivity contribution in [1.82, 2.24) is 0 Å². The van der Waals surface area contributed by atoms with Crippen molar-refractivity contribution in [2.24, 2.45) is 0 Å². The number of hydrogen-bond donors (Lipinski definition) is 0. The third kappa shape index (κ3) is 2.43.